The van der Waals surface area contributed by atoms with E-state index in [1.54, 1.807) is 16.7 Å². The molecule has 1 aliphatic rings. The van der Waals surface area contributed by atoms with E-state index in [1.165, 1.54) is 4.90 Å². The van der Waals surface area contributed by atoms with E-state index in [4.69, 9.17) is 0 Å². The molecule has 0 aromatic heterocycles. The molecule has 2 amide bonds. The molecule has 1 aliphatic heterocycles. The summed E-state index contributed by atoms with van der Waals surface area (Å²) in [6.07, 6.45) is 0.350. The first-order chi connectivity index (χ1) is 11.5. The first-order valence-corrected chi connectivity index (χ1v) is 9.31. The van der Waals surface area contributed by atoms with Crippen molar-refractivity contribution in [2.24, 2.45) is 5.92 Å². The Bertz CT molecular complexity index is 550. The number of likely N-dealkylation sites (N-methyl/N-ethyl adjacent to an activating group) is 1. The Morgan fingerprint density at radius 3 is 2.58 bits per heavy atom. The van der Waals surface area contributed by atoms with Crippen LogP contribution in [0.1, 0.15) is 6.42 Å². The Hall–Kier alpha value is -1.53. The molecule has 1 heterocycles. The fourth-order valence-electron chi connectivity index (χ4n) is 2.71. The Morgan fingerprint density at radius 1 is 1.21 bits per heavy atom. The Morgan fingerprint density at radius 2 is 1.92 bits per heavy atom. The minimum absolute atomic E-state index is 0.0874. The van der Waals surface area contributed by atoms with Crippen molar-refractivity contribution in [3.63, 3.8) is 0 Å². The van der Waals surface area contributed by atoms with Crippen molar-refractivity contribution in [3.8, 4) is 0 Å². The van der Waals surface area contributed by atoms with E-state index in [9.17, 15) is 9.59 Å². The predicted octanol–water partition coefficient (Wildman–Crippen LogP) is 1.65. The fourth-order valence-corrected chi connectivity index (χ4v) is 3.66. The van der Waals surface area contributed by atoms with Crippen LogP contribution in [0.15, 0.2) is 35.2 Å². The van der Waals surface area contributed by atoms with E-state index in [0.29, 0.717) is 26.1 Å². The van der Waals surface area contributed by atoms with Gasteiger partial charge in [-0.05, 0) is 26.2 Å². The van der Waals surface area contributed by atoms with Crippen molar-refractivity contribution < 1.29 is 9.59 Å². The van der Waals surface area contributed by atoms with Gasteiger partial charge in [-0.3, -0.25) is 9.59 Å². The number of hydrogen-bond acceptors (Lipinski definition) is 4. The van der Waals surface area contributed by atoms with Crippen molar-refractivity contribution in [2.75, 3.05) is 53.1 Å². The van der Waals surface area contributed by atoms with Crippen LogP contribution in [0.4, 0.5) is 0 Å². The molecule has 1 aromatic carbocycles. The smallest absolute Gasteiger partial charge is 0.227 e. The van der Waals surface area contributed by atoms with Crippen LogP contribution in [-0.4, -0.2) is 79.6 Å². The molecule has 0 radical (unpaired) electrons. The highest BCUT2D eigenvalue weighted by atomic mass is 32.2. The third-order valence-electron chi connectivity index (χ3n) is 4.20. The summed E-state index contributed by atoms with van der Waals surface area (Å²) in [6, 6.07) is 10.2. The quantitative estimate of drug-likeness (QED) is 0.670. The van der Waals surface area contributed by atoms with Crippen molar-refractivity contribution in [1.29, 1.82) is 0 Å². The first kappa shape index (κ1) is 18.8. The average molecular weight is 350 g/mol. The molecular formula is C18H27N3O2S. The van der Waals surface area contributed by atoms with Crippen LogP contribution in [0.2, 0.25) is 0 Å². The molecule has 0 saturated carbocycles. The topological polar surface area (TPSA) is 43.9 Å². The lowest BCUT2D eigenvalue weighted by Gasteiger charge is -2.22. The van der Waals surface area contributed by atoms with Gasteiger partial charge in [0, 0.05) is 50.3 Å². The normalized spacial score (nSPS) is 17.6. The summed E-state index contributed by atoms with van der Waals surface area (Å²) < 4.78 is 0. The van der Waals surface area contributed by atoms with Crippen molar-refractivity contribution in [2.45, 2.75) is 11.3 Å². The molecule has 2 rings (SSSR count). The second kappa shape index (κ2) is 9.08. The molecule has 1 aromatic rings. The molecule has 0 aliphatic carbocycles. The molecule has 0 N–H and O–H groups in total. The van der Waals surface area contributed by atoms with Gasteiger partial charge in [0.1, 0.15) is 0 Å². The van der Waals surface area contributed by atoms with Crippen molar-refractivity contribution in [3.05, 3.63) is 30.3 Å². The molecule has 24 heavy (non-hydrogen) atoms. The monoisotopic (exact) mass is 349 g/mol. The zero-order valence-electron chi connectivity index (χ0n) is 14.8. The highest BCUT2D eigenvalue weighted by molar-refractivity contribution is 7.99. The Kier molecular flexibility index (Phi) is 7.12. The summed E-state index contributed by atoms with van der Waals surface area (Å²) in [4.78, 5) is 31.4. The van der Waals surface area contributed by atoms with E-state index in [2.05, 4.69) is 17.0 Å². The first-order valence-electron chi connectivity index (χ1n) is 8.32. The molecule has 6 heteroatoms. The number of hydrogen-bond donors (Lipinski definition) is 0. The Labute approximate surface area is 149 Å². The summed E-state index contributed by atoms with van der Waals surface area (Å²) in [5.74, 6) is 0.857. The van der Waals surface area contributed by atoms with Gasteiger partial charge in [0.05, 0.1) is 5.92 Å². The van der Waals surface area contributed by atoms with E-state index < -0.39 is 0 Å². The number of rotatable bonds is 8. The zero-order chi connectivity index (χ0) is 17.5. The summed E-state index contributed by atoms with van der Waals surface area (Å²) in [5, 5.41) is 0. The van der Waals surface area contributed by atoms with Gasteiger partial charge in [0.25, 0.3) is 0 Å². The van der Waals surface area contributed by atoms with Gasteiger partial charge in [-0.1, -0.05) is 18.2 Å². The lowest BCUT2D eigenvalue weighted by molar-refractivity contribution is -0.134. The fraction of sp³-hybridized carbons (Fsp3) is 0.556. The summed E-state index contributed by atoms with van der Waals surface area (Å²) >= 11 is 1.74. The number of benzene rings is 1. The van der Waals surface area contributed by atoms with Crippen molar-refractivity contribution >= 4 is 23.6 Å². The van der Waals surface area contributed by atoms with Crippen LogP contribution >= 0.6 is 11.8 Å². The lowest BCUT2D eigenvalue weighted by atomic mass is 10.1. The third-order valence-corrected chi connectivity index (χ3v) is 5.19. The zero-order valence-corrected chi connectivity index (χ0v) is 15.6. The average Bonchev–Trinajstić information content (AvgIpc) is 2.94. The molecule has 1 fully saturated rings. The van der Waals surface area contributed by atoms with Crippen LogP contribution < -0.4 is 0 Å². The predicted molar refractivity (Wildman–Crippen MR) is 98.0 cm³/mol. The summed E-state index contributed by atoms with van der Waals surface area (Å²) in [7, 11) is 5.81. The molecule has 0 spiro atoms. The summed E-state index contributed by atoms with van der Waals surface area (Å²) in [6.45, 7) is 2.78. The molecule has 1 atom stereocenters. The maximum atomic E-state index is 12.5. The minimum Gasteiger partial charge on any atom is -0.345 e. The van der Waals surface area contributed by atoms with Gasteiger partial charge in [-0.15, -0.1) is 11.8 Å². The number of amides is 2. The Balaban J connectivity index is 1.75. The van der Waals surface area contributed by atoms with Crippen LogP contribution in [0.25, 0.3) is 0 Å². The number of carbonyl (C=O) groups excluding carboxylic acids is 2. The second-order valence-corrected chi connectivity index (χ2v) is 7.63. The standard InChI is InChI=1S/C18H27N3O2S/c1-19(2)9-10-21-14-15(13-17(21)22)18(23)20(3)11-12-24-16-7-5-4-6-8-16/h4-8,15H,9-14H2,1-3H3. The van der Waals surface area contributed by atoms with E-state index in [-0.39, 0.29) is 17.7 Å². The number of thioether (sulfide) groups is 1. The molecule has 132 valence electrons. The van der Waals surface area contributed by atoms with Crippen LogP contribution in [0.3, 0.4) is 0 Å². The maximum absolute atomic E-state index is 12.5. The molecular weight excluding hydrogens is 322 g/mol. The van der Waals surface area contributed by atoms with E-state index in [0.717, 1.165) is 12.3 Å². The van der Waals surface area contributed by atoms with E-state index >= 15 is 0 Å². The summed E-state index contributed by atoms with van der Waals surface area (Å²) in [5.41, 5.74) is 0. The van der Waals surface area contributed by atoms with E-state index in [1.807, 2.05) is 44.2 Å². The largest absolute Gasteiger partial charge is 0.345 e. The van der Waals surface area contributed by atoms with Gasteiger partial charge in [0.15, 0.2) is 0 Å². The number of nitrogens with zero attached hydrogens (tertiary/aromatic N) is 3. The maximum Gasteiger partial charge on any atom is 0.227 e. The van der Waals surface area contributed by atoms with Crippen LogP contribution in [0, 0.1) is 5.92 Å². The second-order valence-electron chi connectivity index (χ2n) is 6.47. The molecule has 1 saturated heterocycles. The highest BCUT2D eigenvalue weighted by Gasteiger charge is 2.35. The highest BCUT2D eigenvalue weighted by Crippen LogP contribution is 2.21. The minimum atomic E-state index is -0.189. The lowest BCUT2D eigenvalue weighted by Crippen LogP contribution is -2.37. The number of carbonyl (C=O) groups is 2. The van der Waals surface area contributed by atoms with Crippen LogP contribution in [-0.2, 0) is 9.59 Å². The number of likely N-dealkylation sites (tertiary alicyclic amines) is 1. The van der Waals surface area contributed by atoms with Gasteiger partial charge in [-0.25, -0.2) is 0 Å². The molecule has 1 unspecified atom stereocenters. The molecule has 5 nitrogen and oxygen atoms in total. The molecule has 0 bridgehead atoms. The van der Waals surface area contributed by atoms with Gasteiger partial charge >= 0.3 is 0 Å². The van der Waals surface area contributed by atoms with Crippen molar-refractivity contribution in [1.82, 2.24) is 14.7 Å². The van der Waals surface area contributed by atoms with Crippen LogP contribution in [0.5, 0.6) is 0 Å². The third kappa shape index (κ3) is 5.53. The SMILES string of the molecule is CN(C)CCN1CC(C(=O)N(C)CCSc2ccccc2)CC1=O. The van der Waals surface area contributed by atoms with Gasteiger partial charge < -0.3 is 14.7 Å². The van der Waals surface area contributed by atoms with Gasteiger partial charge in [-0.2, -0.15) is 0 Å². The van der Waals surface area contributed by atoms with Gasteiger partial charge in [0.2, 0.25) is 11.8 Å².